The molecule has 0 radical (unpaired) electrons. The summed E-state index contributed by atoms with van der Waals surface area (Å²) in [5, 5.41) is 2.94. The Bertz CT molecular complexity index is 635. The van der Waals surface area contributed by atoms with Crippen LogP contribution in [-0.2, 0) is 9.59 Å². The number of carbonyl (C=O) groups is 2. The van der Waals surface area contributed by atoms with E-state index < -0.39 is 6.04 Å². The minimum atomic E-state index is -0.519. The van der Waals surface area contributed by atoms with Crippen LogP contribution in [0.1, 0.15) is 31.0 Å². The van der Waals surface area contributed by atoms with Crippen molar-refractivity contribution >= 4 is 11.8 Å². The lowest BCUT2D eigenvalue weighted by Gasteiger charge is -2.38. The topological polar surface area (TPSA) is 49.4 Å². The molecule has 2 aliphatic heterocycles. The van der Waals surface area contributed by atoms with Gasteiger partial charge < -0.3 is 10.2 Å². The van der Waals surface area contributed by atoms with Gasteiger partial charge in [-0.2, -0.15) is 0 Å². The molecule has 1 N–H and O–H groups in total. The maximum atomic E-state index is 12.7. The number of nitrogens with one attached hydrogen (secondary N) is 1. The van der Waals surface area contributed by atoms with E-state index in [2.05, 4.69) is 19.2 Å². The van der Waals surface area contributed by atoms with Gasteiger partial charge >= 0.3 is 0 Å². The number of nitrogens with zero attached hydrogens (tertiary/aromatic N) is 1. The molecular weight excluding hydrogens is 264 g/mol. The van der Waals surface area contributed by atoms with Crippen molar-refractivity contribution in [1.82, 2.24) is 10.2 Å². The highest BCUT2D eigenvalue weighted by Crippen LogP contribution is 2.65. The van der Waals surface area contributed by atoms with E-state index in [1.165, 1.54) is 0 Å². The zero-order chi connectivity index (χ0) is 14.9. The smallest absolute Gasteiger partial charge is 0.250 e. The number of benzene rings is 1. The van der Waals surface area contributed by atoms with Crippen molar-refractivity contribution in [2.75, 3.05) is 6.54 Å². The summed E-state index contributed by atoms with van der Waals surface area (Å²) < 4.78 is 0. The normalized spacial score (nSPS) is 36.0. The van der Waals surface area contributed by atoms with Gasteiger partial charge in [0.15, 0.2) is 0 Å². The van der Waals surface area contributed by atoms with Gasteiger partial charge in [0.25, 0.3) is 5.91 Å². The molecular formula is C17H20N2O2. The van der Waals surface area contributed by atoms with Crippen molar-refractivity contribution in [3.05, 3.63) is 35.4 Å². The molecule has 21 heavy (non-hydrogen) atoms. The fourth-order valence-electron chi connectivity index (χ4n) is 4.25. The Hall–Kier alpha value is -1.84. The molecule has 0 aromatic heterocycles. The molecule has 1 aromatic carbocycles. The number of carbonyl (C=O) groups excluding carboxylic acids is 2. The van der Waals surface area contributed by atoms with Gasteiger partial charge in [0.05, 0.1) is 0 Å². The van der Waals surface area contributed by atoms with Crippen LogP contribution < -0.4 is 5.32 Å². The predicted octanol–water partition coefficient (Wildman–Crippen LogP) is 1.65. The van der Waals surface area contributed by atoms with Crippen molar-refractivity contribution in [2.45, 2.75) is 32.9 Å². The van der Waals surface area contributed by atoms with Crippen molar-refractivity contribution in [3.63, 3.8) is 0 Å². The first-order valence-electron chi connectivity index (χ1n) is 7.58. The molecule has 4 unspecified atom stereocenters. The van der Waals surface area contributed by atoms with E-state index in [1.807, 2.05) is 36.1 Å². The number of hydrogen-bond donors (Lipinski definition) is 1. The Labute approximate surface area is 124 Å². The van der Waals surface area contributed by atoms with E-state index >= 15 is 0 Å². The number of rotatable bonds is 1. The van der Waals surface area contributed by atoms with Crippen LogP contribution in [0.25, 0.3) is 0 Å². The summed E-state index contributed by atoms with van der Waals surface area (Å²) in [6.45, 7) is 7.14. The van der Waals surface area contributed by atoms with E-state index in [-0.39, 0.29) is 23.3 Å². The van der Waals surface area contributed by atoms with Crippen LogP contribution in [0.4, 0.5) is 0 Å². The average Bonchev–Trinajstić information content (AvgIpc) is 2.83. The third-order valence-corrected chi connectivity index (χ3v) is 5.70. The second kappa shape index (κ2) is 3.87. The van der Waals surface area contributed by atoms with E-state index in [1.54, 1.807) is 0 Å². The third-order valence-electron chi connectivity index (χ3n) is 5.70. The third kappa shape index (κ3) is 1.62. The lowest BCUT2D eigenvalue weighted by atomic mass is 9.95. The second-order valence-corrected chi connectivity index (χ2v) is 7.24. The lowest BCUT2D eigenvalue weighted by molar-refractivity contribution is -0.149. The molecule has 0 bridgehead atoms. The first-order valence-corrected chi connectivity index (χ1v) is 7.58. The number of aryl methyl sites for hydroxylation is 1. The number of hydrogen-bond acceptors (Lipinski definition) is 2. The SMILES string of the molecule is Cc1ccc(C2NC(=O)C3C4C(CN3C2=O)C4(C)C)cc1. The Balaban J connectivity index is 1.63. The molecule has 2 saturated heterocycles. The maximum absolute atomic E-state index is 12.7. The summed E-state index contributed by atoms with van der Waals surface area (Å²) in [7, 11) is 0. The molecule has 4 heteroatoms. The Morgan fingerprint density at radius 2 is 1.86 bits per heavy atom. The van der Waals surface area contributed by atoms with Crippen molar-refractivity contribution < 1.29 is 9.59 Å². The molecule has 110 valence electrons. The Kier molecular flexibility index (Phi) is 2.37. The fraction of sp³-hybridized carbons (Fsp3) is 0.529. The van der Waals surface area contributed by atoms with Crippen molar-refractivity contribution in [3.8, 4) is 0 Å². The fourth-order valence-corrected chi connectivity index (χ4v) is 4.25. The summed E-state index contributed by atoms with van der Waals surface area (Å²) in [5.74, 6) is 0.874. The number of fused-ring (bicyclic) bond motifs is 3. The van der Waals surface area contributed by atoms with E-state index in [0.717, 1.165) is 17.7 Å². The van der Waals surface area contributed by atoms with Gasteiger partial charge in [-0.25, -0.2) is 0 Å². The van der Waals surface area contributed by atoms with Crippen LogP contribution >= 0.6 is 0 Å². The van der Waals surface area contributed by atoms with Crippen molar-refractivity contribution in [2.24, 2.45) is 17.3 Å². The monoisotopic (exact) mass is 284 g/mol. The summed E-state index contributed by atoms with van der Waals surface area (Å²) in [6.07, 6.45) is 0. The summed E-state index contributed by atoms with van der Waals surface area (Å²) in [4.78, 5) is 27.0. The minimum absolute atomic E-state index is 0.0123. The summed E-state index contributed by atoms with van der Waals surface area (Å²) >= 11 is 0. The Morgan fingerprint density at radius 1 is 1.19 bits per heavy atom. The number of amides is 2. The lowest BCUT2D eigenvalue weighted by Crippen LogP contribution is -2.59. The van der Waals surface area contributed by atoms with Gasteiger partial charge in [-0.05, 0) is 29.7 Å². The van der Waals surface area contributed by atoms with Gasteiger partial charge in [0.2, 0.25) is 5.91 Å². The van der Waals surface area contributed by atoms with Gasteiger partial charge in [-0.1, -0.05) is 43.7 Å². The minimum Gasteiger partial charge on any atom is -0.339 e. The van der Waals surface area contributed by atoms with E-state index in [0.29, 0.717) is 11.8 Å². The molecule has 1 aromatic rings. The molecule has 1 aliphatic carbocycles. The standard InChI is InChI=1S/C17H20N2O2/c1-9-4-6-10(7-5-9)13-16(21)19-8-11-12(17(11,2)3)14(19)15(20)18-13/h4-7,11-14H,8H2,1-3H3,(H,18,20). The molecule has 0 spiro atoms. The van der Waals surface area contributed by atoms with Gasteiger partial charge in [0, 0.05) is 6.54 Å². The highest BCUT2D eigenvalue weighted by Gasteiger charge is 2.70. The molecule has 1 saturated carbocycles. The van der Waals surface area contributed by atoms with Crippen LogP contribution in [0.3, 0.4) is 0 Å². The Morgan fingerprint density at radius 3 is 2.52 bits per heavy atom. The molecule has 4 atom stereocenters. The summed E-state index contributed by atoms with van der Waals surface area (Å²) in [6, 6.07) is 7.05. The number of piperidine rings is 1. The van der Waals surface area contributed by atoms with Crippen LogP contribution in [0, 0.1) is 24.2 Å². The van der Waals surface area contributed by atoms with Crippen LogP contribution in [0.5, 0.6) is 0 Å². The van der Waals surface area contributed by atoms with E-state index in [4.69, 9.17) is 0 Å². The van der Waals surface area contributed by atoms with Gasteiger partial charge in [0.1, 0.15) is 12.1 Å². The molecule has 4 nitrogen and oxygen atoms in total. The van der Waals surface area contributed by atoms with Crippen LogP contribution in [0.2, 0.25) is 0 Å². The maximum Gasteiger partial charge on any atom is 0.250 e. The molecule has 3 aliphatic rings. The second-order valence-electron chi connectivity index (χ2n) is 7.24. The quantitative estimate of drug-likeness (QED) is 0.852. The molecule has 4 rings (SSSR count). The highest BCUT2D eigenvalue weighted by molar-refractivity contribution is 5.98. The molecule has 3 fully saturated rings. The number of piperazine rings is 1. The van der Waals surface area contributed by atoms with E-state index in [9.17, 15) is 9.59 Å². The first-order chi connectivity index (χ1) is 9.91. The largest absolute Gasteiger partial charge is 0.339 e. The average molecular weight is 284 g/mol. The van der Waals surface area contributed by atoms with Crippen LogP contribution in [-0.4, -0.2) is 29.3 Å². The summed E-state index contributed by atoms with van der Waals surface area (Å²) in [5.41, 5.74) is 2.22. The first kappa shape index (κ1) is 12.9. The zero-order valence-electron chi connectivity index (χ0n) is 12.6. The van der Waals surface area contributed by atoms with Gasteiger partial charge in [-0.15, -0.1) is 0 Å². The van der Waals surface area contributed by atoms with Gasteiger partial charge in [-0.3, -0.25) is 9.59 Å². The van der Waals surface area contributed by atoms with Crippen LogP contribution in [0.15, 0.2) is 24.3 Å². The molecule has 2 amide bonds. The predicted molar refractivity (Wildman–Crippen MR) is 78.3 cm³/mol. The highest BCUT2D eigenvalue weighted by atomic mass is 16.2. The van der Waals surface area contributed by atoms with Crippen molar-refractivity contribution in [1.29, 1.82) is 0 Å². The zero-order valence-corrected chi connectivity index (χ0v) is 12.6. The molecule has 2 heterocycles.